The molecule has 6 heteroatoms. The zero-order valence-corrected chi connectivity index (χ0v) is 20.0. The van der Waals surface area contributed by atoms with E-state index >= 15 is 0 Å². The second kappa shape index (κ2) is 13.4. The highest BCUT2D eigenvalue weighted by Crippen LogP contribution is 2.21. The summed E-state index contributed by atoms with van der Waals surface area (Å²) >= 11 is 0. The van der Waals surface area contributed by atoms with Crippen molar-refractivity contribution in [2.45, 2.75) is 25.7 Å². The molecule has 2 aliphatic heterocycles. The van der Waals surface area contributed by atoms with E-state index < -0.39 is 0 Å². The number of Topliss-reactive ketones (excluding diaryl/α,β-unsaturated/α-hetero) is 2. The Morgan fingerprint density at radius 2 is 1.19 bits per heavy atom. The van der Waals surface area contributed by atoms with Gasteiger partial charge in [-0.2, -0.15) is 0 Å². The third-order valence-corrected chi connectivity index (χ3v) is 6.13. The first-order chi connectivity index (χ1) is 15.1. The highest BCUT2D eigenvalue weighted by Gasteiger charge is 2.22. The maximum Gasteiger partial charge on any atom is 0.166 e. The number of halogens is 1. The molecule has 0 spiro atoms. The van der Waals surface area contributed by atoms with Crippen LogP contribution < -0.4 is 15.5 Å². The lowest BCUT2D eigenvalue weighted by molar-refractivity contribution is 0.0888. The Hall–Kier alpha value is -2.21. The van der Waals surface area contributed by atoms with Crippen LogP contribution in [-0.2, 0) is 0 Å². The summed E-state index contributed by atoms with van der Waals surface area (Å²) in [6, 6.07) is 17.5. The van der Waals surface area contributed by atoms with Crippen LogP contribution in [0.25, 0.3) is 0 Å². The first-order valence-corrected chi connectivity index (χ1v) is 11.4. The molecular weight excluding hydrogens is 422 g/mol. The van der Waals surface area contributed by atoms with E-state index in [2.05, 4.69) is 10.6 Å². The summed E-state index contributed by atoms with van der Waals surface area (Å²) in [5.74, 6) is 1.05. The van der Waals surface area contributed by atoms with Gasteiger partial charge in [-0.15, -0.1) is 12.4 Å². The van der Waals surface area contributed by atoms with E-state index in [1.54, 1.807) is 0 Å². The smallest absolute Gasteiger partial charge is 0.166 e. The third-order valence-electron chi connectivity index (χ3n) is 6.13. The van der Waals surface area contributed by atoms with Crippen molar-refractivity contribution in [3.63, 3.8) is 0 Å². The average Bonchev–Trinajstić information content (AvgIpc) is 2.85. The number of nitrogens with zero attached hydrogens (tertiary/aromatic N) is 1. The molecule has 2 saturated heterocycles. The lowest BCUT2D eigenvalue weighted by atomic mass is 9.89. The quantitative estimate of drug-likeness (QED) is 0.658. The van der Waals surface area contributed by atoms with E-state index in [1.807, 2.05) is 73.6 Å². The minimum atomic E-state index is 0. The van der Waals surface area contributed by atoms with Gasteiger partial charge in [0, 0.05) is 42.7 Å². The number of hydrogen-bond donors (Lipinski definition) is 2. The van der Waals surface area contributed by atoms with Gasteiger partial charge in [0.1, 0.15) is 0 Å². The Morgan fingerprint density at radius 1 is 0.719 bits per heavy atom. The first-order valence-electron chi connectivity index (χ1n) is 11.4. The summed E-state index contributed by atoms with van der Waals surface area (Å²) in [5.41, 5.74) is 2.80. The lowest BCUT2D eigenvalue weighted by Crippen LogP contribution is -2.31. The molecule has 2 aromatic rings. The van der Waals surface area contributed by atoms with E-state index in [0.717, 1.165) is 68.7 Å². The molecule has 2 fully saturated rings. The molecule has 2 aliphatic rings. The van der Waals surface area contributed by atoms with Crippen LogP contribution in [0.5, 0.6) is 0 Å². The highest BCUT2D eigenvalue weighted by atomic mass is 35.5. The SMILES string of the molecule is CN(C)c1cccc(C(=O)C2CCNCC2)c1.Cl.O=C(c1ccccc1)C1CCNCC1. The van der Waals surface area contributed by atoms with Crippen molar-refractivity contribution in [3.8, 4) is 0 Å². The summed E-state index contributed by atoms with van der Waals surface area (Å²) in [5, 5.41) is 6.56. The predicted molar refractivity (Wildman–Crippen MR) is 134 cm³/mol. The molecule has 2 aromatic carbocycles. The zero-order valence-electron chi connectivity index (χ0n) is 19.2. The number of carbonyl (C=O) groups is 2. The standard InChI is InChI=1S/C14H20N2O.C12H15NO.ClH/c1-16(2)13-5-3-4-12(10-13)14(17)11-6-8-15-9-7-11;14-12(10-4-2-1-3-5-10)11-6-8-13-9-7-11;/h3-5,10-11,15H,6-9H2,1-2H3;1-5,11,13H,6-9H2;1H. The molecule has 2 heterocycles. The van der Waals surface area contributed by atoms with Crippen molar-refractivity contribution < 1.29 is 9.59 Å². The van der Waals surface area contributed by atoms with Crippen LogP contribution in [0.1, 0.15) is 46.4 Å². The van der Waals surface area contributed by atoms with Gasteiger partial charge >= 0.3 is 0 Å². The molecule has 0 aliphatic carbocycles. The van der Waals surface area contributed by atoms with Crippen LogP contribution in [0.2, 0.25) is 0 Å². The van der Waals surface area contributed by atoms with Gasteiger partial charge in [-0.05, 0) is 64.0 Å². The average molecular weight is 458 g/mol. The van der Waals surface area contributed by atoms with Crippen LogP contribution >= 0.6 is 12.4 Å². The number of nitrogens with one attached hydrogen (secondary N) is 2. The maximum absolute atomic E-state index is 12.3. The van der Waals surface area contributed by atoms with Gasteiger partial charge in [0.25, 0.3) is 0 Å². The number of piperidine rings is 2. The van der Waals surface area contributed by atoms with Gasteiger partial charge in [0.15, 0.2) is 11.6 Å². The van der Waals surface area contributed by atoms with Crippen molar-refractivity contribution in [1.29, 1.82) is 0 Å². The van der Waals surface area contributed by atoms with E-state index in [0.29, 0.717) is 11.6 Å². The molecule has 5 nitrogen and oxygen atoms in total. The Kier molecular flexibility index (Phi) is 10.9. The number of anilines is 1. The van der Waals surface area contributed by atoms with Crippen LogP contribution in [0.4, 0.5) is 5.69 Å². The first kappa shape index (κ1) is 26.0. The summed E-state index contributed by atoms with van der Waals surface area (Å²) in [7, 11) is 3.99. The molecule has 0 atom stereocenters. The number of ketones is 2. The van der Waals surface area contributed by atoms with Crippen molar-refractivity contribution >= 4 is 29.7 Å². The topological polar surface area (TPSA) is 61.4 Å². The van der Waals surface area contributed by atoms with Gasteiger partial charge in [-0.1, -0.05) is 42.5 Å². The fraction of sp³-hybridized carbons (Fsp3) is 0.462. The summed E-state index contributed by atoms with van der Waals surface area (Å²) in [6.45, 7) is 3.88. The lowest BCUT2D eigenvalue weighted by Gasteiger charge is -2.22. The molecule has 32 heavy (non-hydrogen) atoms. The highest BCUT2D eigenvalue weighted by molar-refractivity contribution is 5.99. The molecular formula is C26H36ClN3O2. The molecule has 4 rings (SSSR count). The molecule has 0 amide bonds. The van der Waals surface area contributed by atoms with Crippen molar-refractivity contribution in [2.75, 3.05) is 45.2 Å². The molecule has 0 bridgehead atoms. The second-order valence-corrected chi connectivity index (χ2v) is 8.59. The van der Waals surface area contributed by atoms with Crippen molar-refractivity contribution in [1.82, 2.24) is 10.6 Å². The van der Waals surface area contributed by atoms with Gasteiger partial charge in [-0.3, -0.25) is 9.59 Å². The Labute approximate surface area is 198 Å². The molecule has 174 valence electrons. The van der Waals surface area contributed by atoms with Gasteiger partial charge in [-0.25, -0.2) is 0 Å². The maximum atomic E-state index is 12.3. The van der Waals surface area contributed by atoms with Crippen molar-refractivity contribution in [3.05, 3.63) is 65.7 Å². The predicted octanol–water partition coefficient (Wildman–Crippen LogP) is 4.23. The minimum absolute atomic E-state index is 0. The summed E-state index contributed by atoms with van der Waals surface area (Å²) in [6.07, 6.45) is 3.89. The zero-order chi connectivity index (χ0) is 22.1. The molecule has 0 aromatic heterocycles. The van der Waals surface area contributed by atoms with Gasteiger partial charge in [0.05, 0.1) is 0 Å². The third kappa shape index (κ3) is 7.44. The summed E-state index contributed by atoms with van der Waals surface area (Å²) in [4.78, 5) is 26.3. The van der Waals surface area contributed by atoms with Crippen LogP contribution in [0.3, 0.4) is 0 Å². The fourth-order valence-electron chi connectivity index (χ4n) is 4.18. The Bertz CT molecular complexity index is 845. The number of carbonyl (C=O) groups excluding carboxylic acids is 2. The van der Waals surface area contributed by atoms with Gasteiger partial charge < -0.3 is 15.5 Å². The fourth-order valence-corrected chi connectivity index (χ4v) is 4.18. The van der Waals surface area contributed by atoms with Crippen molar-refractivity contribution in [2.24, 2.45) is 11.8 Å². The minimum Gasteiger partial charge on any atom is -0.378 e. The van der Waals surface area contributed by atoms with E-state index in [4.69, 9.17) is 0 Å². The summed E-state index contributed by atoms with van der Waals surface area (Å²) < 4.78 is 0. The molecule has 0 radical (unpaired) electrons. The van der Waals surface area contributed by atoms with E-state index in [9.17, 15) is 9.59 Å². The monoisotopic (exact) mass is 457 g/mol. The number of rotatable bonds is 5. The molecule has 2 N–H and O–H groups in total. The Morgan fingerprint density at radius 3 is 1.69 bits per heavy atom. The number of hydrogen-bond acceptors (Lipinski definition) is 5. The normalized spacial score (nSPS) is 16.8. The molecule has 0 saturated carbocycles. The second-order valence-electron chi connectivity index (χ2n) is 8.59. The molecule has 0 unspecified atom stereocenters. The van der Waals surface area contributed by atoms with Crippen LogP contribution in [0, 0.1) is 11.8 Å². The van der Waals surface area contributed by atoms with E-state index in [-0.39, 0.29) is 24.2 Å². The number of benzene rings is 2. The van der Waals surface area contributed by atoms with Gasteiger partial charge in [0.2, 0.25) is 0 Å². The largest absolute Gasteiger partial charge is 0.378 e. The Balaban J connectivity index is 0.000000224. The van der Waals surface area contributed by atoms with E-state index in [1.165, 1.54) is 0 Å². The van der Waals surface area contributed by atoms with Crippen LogP contribution in [0.15, 0.2) is 54.6 Å². The van der Waals surface area contributed by atoms with Crippen LogP contribution in [-0.4, -0.2) is 51.8 Å².